The molecule has 0 atom stereocenters. The minimum Gasteiger partial charge on any atom is -0.218 e. The summed E-state index contributed by atoms with van der Waals surface area (Å²) in [5.41, 5.74) is 5.49. The number of hydrogen-bond donors (Lipinski definition) is 0. The maximum absolute atomic E-state index is 14.8. The van der Waals surface area contributed by atoms with Gasteiger partial charge in [0.05, 0.1) is 19.6 Å². The first-order valence-electron chi connectivity index (χ1n) is 15.1. The zero-order chi connectivity index (χ0) is 30.7. The van der Waals surface area contributed by atoms with Crippen molar-refractivity contribution < 1.29 is 16.8 Å². The molecule has 8 aromatic rings. The van der Waals surface area contributed by atoms with Crippen molar-refractivity contribution in [2.45, 2.75) is 19.6 Å². The van der Waals surface area contributed by atoms with E-state index in [0.717, 1.165) is 54.4 Å². The molecule has 11 rings (SSSR count). The lowest BCUT2D eigenvalue weighted by molar-refractivity contribution is 0.597. The van der Waals surface area contributed by atoms with Gasteiger partial charge >= 0.3 is 0 Å². The smallest absolute Gasteiger partial charge is 0.208 e. The number of benzene rings is 8. The highest BCUT2D eigenvalue weighted by molar-refractivity contribution is 7.92. The Morgan fingerprint density at radius 3 is 1.52 bits per heavy atom. The topological polar surface area (TPSA) is 68.3 Å². The average molecular weight is 629 g/mol. The predicted octanol–water partition coefficient (Wildman–Crippen LogP) is 9.57. The van der Waals surface area contributed by atoms with Crippen LogP contribution in [0.2, 0.25) is 0 Å². The quantitative estimate of drug-likeness (QED) is 0.170. The van der Waals surface area contributed by atoms with Crippen molar-refractivity contribution in [3.63, 3.8) is 0 Å². The van der Waals surface area contributed by atoms with E-state index in [-0.39, 0.29) is 19.6 Å². The van der Waals surface area contributed by atoms with Crippen LogP contribution < -0.4 is 0 Å². The second-order valence-corrected chi connectivity index (χ2v) is 16.1. The summed E-state index contributed by atoms with van der Waals surface area (Å²) in [5, 5.41) is 7.95. The van der Waals surface area contributed by atoms with Crippen LogP contribution in [0.1, 0.15) is 0 Å². The van der Waals surface area contributed by atoms with E-state index in [9.17, 15) is 16.8 Å². The average Bonchev–Trinajstić information content (AvgIpc) is 3.41. The summed E-state index contributed by atoms with van der Waals surface area (Å²) in [7, 11) is -7.76. The van der Waals surface area contributed by atoms with Gasteiger partial charge in [-0.15, -0.1) is 0 Å². The lowest BCUT2D eigenvalue weighted by Crippen LogP contribution is -2.01. The van der Waals surface area contributed by atoms with Crippen LogP contribution in [0.5, 0.6) is 0 Å². The SMILES string of the molecule is O=S1(=O)c2cccc3c2-c2c1ccc1cc(-c4cccc5c6ccccc6c6ccccc6c45)c4c(c21)-c1c-3cccc1S4(=O)=O. The maximum atomic E-state index is 14.8. The summed E-state index contributed by atoms with van der Waals surface area (Å²) in [5.74, 6) is 0. The summed E-state index contributed by atoms with van der Waals surface area (Å²) >= 11 is 0. The molecule has 0 aromatic heterocycles. The molecule has 0 amide bonds. The molecule has 0 spiro atoms. The van der Waals surface area contributed by atoms with E-state index in [0.29, 0.717) is 33.2 Å². The third-order valence-electron chi connectivity index (χ3n) is 10.3. The zero-order valence-electron chi connectivity index (χ0n) is 24.0. The summed E-state index contributed by atoms with van der Waals surface area (Å²) in [6.45, 7) is 0. The molecule has 0 saturated heterocycles. The Labute approximate surface area is 264 Å². The van der Waals surface area contributed by atoms with Gasteiger partial charge in [0.1, 0.15) is 0 Å². The van der Waals surface area contributed by atoms with Gasteiger partial charge in [0.25, 0.3) is 0 Å². The first-order valence-corrected chi connectivity index (χ1v) is 18.1. The van der Waals surface area contributed by atoms with Gasteiger partial charge in [-0.2, -0.15) is 0 Å². The van der Waals surface area contributed by atoms with Gasteiger partial charge in [-0.05, 0) is 78.7 Å². The van der Waals surface area contributed by atoms with Gasteiger partial charge < -0.3 is 0 Å². The molecule has 0 unspecified atom stereocenters. The monoisotopic (exact) mass is 628 g/mol. The fourth-order valence-electron chi connectivity index (χ4n) is 8.53. The standard InChI is InChI=1S/C40H20O4S2/c41-45(42)31-16-6-14-27-28-15-7-17-32-37(28)39-34-21(18-19-33(45)38(34)36(27)31)20-30(40(39)46(32,43)44)29-13-5-12-26-24-9-2-1-8-22(24)23-10-3-4-11-25(23)35(26)29/h1-20H. The molecule has 0 bridgehead atoms. The summed E-state index contributed by atoms with van der Waals surface area (Å²) < 4.78 is 57.4. The molecule has 4 nitrogen and oxygen atoms in total. The van der Waals surface area contributed by atoms with E-state index >= 15 is 0 Å². The van der Waals surface area contributed by atoms with Gasteiger partial charge in [-0.25, -0.2) is 16.8 Å². The zero-order valence-corrected chi connectivity index (χ0v) is 25.6. The third kappa shape index (κ3) is 2.66. The predicted molar refractivity (Wildman–Crippen MR) is 183 cm³/mol. The lowest BCUT2D eigenvalue weighted by Gasteiger charge is -2.18. The van der Waals surface area contributed by atoms with E-state index in [1.54, 1.807) is 30.3 Å². The van der Waals surface area contributed by atoms with Crippen molar-refractivity contribution in [3.8, 4) is 44.5 Å². The van der Waals surface area contributed by atoms with Crippen LogP contribution in [0.15, 0.2) is 141 Å². The van der Waals surface area contributed by atoms with Crippen molar-refractivity contribution in [1.82, 2.24) is 0 Å². The fraction of sp³-hybridized carbons (Fsp3) is 0. The molecule has 0 radical (unpaired) electrons. The summed E-state index contributed by atoms with van der Waals surface area (Å²) in [6, 6.07) is 39.0. The van der Waals surface area contributed by atoms with Crippen molar-refractivity contribution in [2.24, 2.45) is 0 Å². The number of fused-ring (bicyclic) bond motifs is 7. The first kappa shape index (κ1) is 25.0. The summed E-state index contributed by atoms with van der Waals surface area (Å²) in [4.78, 5) is 1.03. The normalized spacial score (nSPS) is 15.7. The highest BCUT2D eigenvalue weighted by Gasteiger charge is 2.45. The van der Waals surface area contributed by atoms with E-state index in [2.05, 4.69) is 30.3 Å². The Kier molecular flexibility index (Phi) is 4.29. The molecular weight excluding hydrogens is 609 g/mol. The molecule has 46 heavy (non-hydrogen) atoms. The van der Waals surface area contributed by atoms with Crippen LogP contribution >= 0.6 is 0 Å². The molecule has 2 aliphatic heterocycles. The Hall–Kier alpha value is -5.30. The molecule has 0 fully saturated rings. The highest BCUT2D eigenvalue weighted by atomic mass is 32.2. The second kappa shape index (κ2) is 7.91. The van der Waals surface area contributed by atoms with Gasteiger partial charge in [0.15, 0.2) is 0 Å². The molecule has 2 heterocycles. The number of rotatable bonds is 1. The van der Waals surface area contributed by atoms with Crippen LogP contribution in [-0.2, 0) is 19.7 Å². The van der Waals surface area contributed by atoms with Gasteiger partial charge in [0, 0.05) is 33.2 Å². The van der Waals surface area contributed by atoms with Crippen LogP contribution in [0.25, 0.3) is 87.6 Å². The Morgan fingerprint density at radius 1 is 0.348 bits per heavy atom. The van der Waals surface area contributed by atoms with Crippen LogP contribution in [0, 0.1) is 0 Å². The molecular formula is C40H20O4S2. The molecule has 1 aliphatic carbocycles. The molecule has 216 valence electrons. The van der Waals surface area contributed by atoms with Gasteiger partial charge in [-0.1, -0.05) is 97.1 Å². The Bertz CT molecular complexity index is 3000. The molecule has 0 N–H and O–H groups in total. The van der Waals surface area contributed by atoms with E-state index < -0.39 is 19.7 Å². The van der Waals surface area contributed by atoms with Crippen LogP contribution in [-0.4, -0.2) is 16.8 Å². The van der Waals surface area contributed by atoms with Crippen molar-refractivity contribution >= 4 is 62.8 Å². The summed E-state index contributed by atoms with van der Waals surface area (Å²) in [6.07, 6.45) is 0. The second-order valence-electron chi connectivity index (χ2n) is 12.3. The minimum absolute atomic E-state index is 0.235. The van der Waals surface area contributed by atoms with Crippen molar-refractivity contribution in [1.29, 1.82) is 0 Å². The Morgan fingerprint density at radius 2 is 0.848 bits per heavy atom. The molecule has 0 saturated carbocycles. The van der Waals surface area contributed by atoms with E-state index in [4.69, 9.17) is 0 Å². The maximum Gasteiger partial charge on any atom is 0.208 e. The third-order valence-corrected chi connectivity index (χ3v) is 14.0. The Balaban J connectivity index is 1.41. The lowest BCUT2D eigenvalue weighted by atomic mass is 9.86. The minimum atomic E-state index is -3.98. The largest absolute Gasteiger partial charge is 0.218 e. The van der Waals surface area contributed by atoms with Crippen LogP contribution in [0.4, 0.5) is 0 Å². The number of hydrogen-bond acceptors (Lipinski definition) is 4. The van der Waals surface area contributed by atoms with Crippen molar-refractivity contribution in [3.05, 3.63) is 121 Å². The van der Waals surface area contributed by atoms with E-state index in [1.165, 1.54) is 0 Å². The van der Waals surface area contributed by atoms with Gasteiger partial charge in [-0.3, -0.25) is 0 Å². The molecule has 3 aliphatic rings. The fourth-order valence-corrected chi connectivity index (χ4v) is 12.1. The van der Waals surface area contributed by atoms with Crippen LogP contribution in [0.3, 0.4) is 0 Å². The molecule has 8 aromatic carbocycles. The molecule has 6 heteroatoms. The van der Waals surface area contributed by atoms with E-state index in [1.807, 2.05) is 60.7 Å². The van der Waals surface area contributed by atoms with Gasteiger partial charge in [0.2, 0.25) is 19.7 Å². The first-order chi connectivity index (χ1) is 22.4. The highest BCUT2D eigenvalue weighted by Crippen LogP contribution is 2.62. The number of sulfone groups is 2. The van der Waals surface area contributed by atoms with Crippen molar-refractivity contribution in [2.75, 3.05) is 0 Å².